The van der Waals surface area contributed by atoms with E-state index in [1.54, 1.807) is 0 Å². The van der Waals surface area contributed by atoms with Crippen molar-refractivity contribution >= 4 is 0 Å². The summed E-state index contributed by atoms with van der Waals surface area (Å²) in [7, 11) is 0. The van der Waals surface area contributed by atoms with Gasteiger partial charge in [-0.15, -0.1) is 0 Å². The van der Waals surface area contributed by atoms with Crippen molar-refractivity contribution in [1.29, 1.82) is 0 Å². The van der Waals surface area contributed by atoms with Gasteiger partial charge >= 0.3 is 0 Å². The van der Waals surface area contributed by atoms with E-state index in [-0.39, 0.29) is 12.1 Å². The SMILES string of the molecule is CC1CCCC(N2CCOC(C(C)N)C2)C1. The van der Waals surface area contributed by atoms with E-state index in [1.807, 2.05) is 0 Å². The molecule has 0 spiro atoms. The smallest absolute Gasteiger partial charge is 0.0850 e. The molecule has 1 saturated carbocycles. The van der Waals surface area contributed by atoms with Gasteiger partial charge in [-0.25, -0.2) is 0 Å². The average molecular weight is 226 g/mol. The molecule has 0 amide bonds. The van der Waals surface area contributed by atoms with Crippen LogP contribution in [-0.2, 0) is 4.74 Å². The van der Waals surface area contributed by atoms with Crippen LogP contribution in [0.5, 0.6) is 0 Å². The Morgan fingerprint density at radius 2 is 2.19 bits per heavy atom. The summed E-state index contributed by atoms with van der Waals surface area (Å²) in [6.07, 6.45) is 5.79. The van der Waals surface area contributed by atoms with Crippen LogP contribution in [0.25, 0.3) is 0 Å². The molecule has 3 nitrogen and oxygen atoms in total. The molecule has 0 aromatic carbocycles. The molecule has 94 valence electrons. The van der Waals surface area contributed by atoms with Gasteiger partial charge in [0.25, 0.3) is 0 Å². The van der Waals surface area contributed by atoms with Crippen molar-refractivity contribution in [3.8, 4) is 0 Å². The van der Waals surface area contributed by atoms with Crippen LogP contribution in [-0.4, -0.2) is 42.8 Å². The van der Waals surface area contributed by atoms with Crippen molar-refractivity contribution in [2.45, 2.75) is 57.7 Å². The van der Waals surface area contributed by atoms with Crippen LogP contribution in [0.1, 0.15) is 39.5 Å². The largest absolute Gasteiger partial charge is 0.374 e. The van der Waals surface area contributed by atoms with Gasteiger partial charge in [0.05, 0.1) is 12.7 Å². The van der Waals surface area contributed by atoms with Crippen LogP contribution in [0, 0.1) is 5.92 Å². The molecule has 4 unspecified atom stereocenters. The van der Waals surface area contributed by atoms with Crippen LogP contribution in [0.2, 0.25) is 0 Å². The molecule has 2 aliphatic rings. The van der Waals surface area contributed by atoms with Gasteiger partial charge in [-0.3, -0.25) is 4.90 Å². The number of hydrogen-bond donors (Lipinski definition) is 1. The lowest BCUT2D eigenvalue weighted by Crippen LogP contribution is -2.53. The second-order valence-electron chi connectivity index (χ2n) is 5.69. The number of rotatable bonds is 2. The highest BCUT2D eigenvalue weighted by molar-refractivity contribution is 4.85. The highest BCUT2D eigenvalue weighted by atomic mass is 16.5. The first-order valence-corrected chi connectivity index (χ1v) is 6.78. The number of hydrogen-bond acceptors (Lipinski definition) is 3. The van der Waals surface area contributed by atoms with E-state index in [4.69, 9.17) is 10.5 Å². The maximum absolute atomic E-state index is 5.93. The van der Waals surface area contributed by atoms with Gasteiger partial charge < -0.3 is 10.5 Å². The molecule has 16 heavy (non-hydrogen) atoms. The summed E-state index contributed by atoms with van der Waals surface area (Å²) >= 11 is 0. The molecule has 4 atom stereocenters. The van der Waals surface area contributed by atoms with Crippen LogP contribution in [0.4, 0.5) is 0 Å². The van der Waals surface area contributed by atoms with E-state index in [1.165, 1.54) is 25.7 Å². The number of nitrogens with zero attached hydrogens (tertiary/aromatic N) is 1. The predicted octanol–water partition coefficient (Wildman–Crippen LogP) is 1.61. The monoisotopic (exact) mass is 226 g/mol. The quantitative estimate of drug-likeness (QED) is 0.777. The lowest BCUT2D eigenvalue weighted by molar-refractivity contribution is -0.0584. The Hall–Kier alpha value is -0.120. The van der Waals surface area contributed by atoms with E-state index in [2.05, 4.69) is 18.7 Å². The minimum absolute atomic E-state index is 0.156. The molecular formula is C13H26N2O. The average Bonchev–Trinajstić information content (AvgIpc) is 2.29. The summed E-state index contributed by atoms with van der Waals surface area (Å²) in [4.78, 5) is 2.62. The molecule has 0 aromatic heterocycles. The maximum atomic E-state index is 5.93. The summed E-state index contributed by atoms with van der Waals surface area (Å²) in [6.45, 7) is 7.43. The Morgan fingerprint density at radius 1 is 1.38 bits per heavy atom. The van der Waals surface area contributed by atoms with Gasteiger partial charge in [0.1, 0.15) is 0 Å². The highest BCUT2D eigenvalue weighted by Gasteiger charge is 2.30. The predicted molar refractivity (Wildman–Crippen MR) is 66.4 cm³/mol. The molecule has 0 radical (unpaired) electrons. The van der Waals surface area contributed by atoms with Crippen molar-refractivity contribution in [2.75, 3.05) is 19.7 Å². The third-order valence-electron chi connectivity index (χ3n) is 4.14. The second kappa shape index (κ2) is 5.48. The lowest BCUT2D eigenvalue weighted by Gasteiger charge is -2.42. The number of morpholine rings is 1. The molecule has 1 aliphatic heterocycles. The van der Waals surface area contributed by atoms with E-state index >= 15 is 0 Å². The normalized spacial score (nSPS) is 39.6. The molecule has 1 saturated heterocycles. The highest BCUT2D eigenvalue weighted by Crippen LogP contribution is 2.28. The lowest BCUT2D eigenvalue weighted by atomic mass is 9.86. The Labute approximate surface area is 99.3 Å². The Bertz CT molecular complexity index is 220. The summed E-state index contributed by atoms with van der Waals surface area (Å²) in [5, 5.41) is 0. The van der Waals surface area contributed by atoms with Crippen LogP contribution < -0.4 is 5.73 Å². The fourth-order valence-corrected chi connectivity index (χ4v) is 3.08. The van der Waals surface area contributed by atoms with Gasteiger partial charge in [0.15, 0.2) is 0 Å². The Morgan fingerprint density at radius 3 is 2.88 bits per heavy atom. The van der Waals surface area contributed by atoms with Crippen molar-refractivity contribution in [1.82, 2.24) is 4.90 Å². The standard InChI is InChI=1S/C13H26N2O/c1-10-4-3-5-12(8-10)15-6-7-16-13(9-15)11(2)14/h10-13H,3-9,14H2,1-2H3. The molecule has 0 aromatic rings. The summed E-state index contributed by atoms with van der Waals surface area (Å²) in [6, 6.07) is 0.942. The zero-order valence-electron chi connectivity index (χ0n) is 10.7. The fourth-order valence-electron chi connectivity index (χ4n) is 3.08. The van der Waals surface area contributed by atoms with Crippen LogP contribution >= 0.6 is 0 Å². The second-order valence-corrected chi connectivity index (χ2v) is 5.69. The van der Waals surface area contributed by atoms with Crippen molar-refractivity contribution in [3.63, 3.8) is 0 Å². The minimum Gasteiger partial charge on any atom is -0.374 e. The summed E-state index contributed by atoms with van der Waals surface area (Å²) < 4.78 is 5.72. The molecular weight excluding hydrogens is 200 g/mol. The zero-order valence-corrected chi connectivity index (χ0v) is 10.7. The molecule has 3 heteroatoms. The molecule has 1 aliphatic carbocycles. The zero-order chi connectivity index (χ0) is 11.5. The van der Waals surface area contributed by atoms with E-state index < -0.39 is 0 Å². The molecule has 0 bridgehead atoms. The molecule has 2 fully saturated rings. The van der Waals surface area contributed by atoms with Crippen molar-refractivity contribution in [2.24, 2.45) is 11.7 Å². The third kappa shape index (κ3) is 2.96. The first kappa shape index (κ1) is 12.3. The minimum atomic E-state index is 0.156. The van der Waals surface area contributed by atoms with Gasteiger partial charge in [-0.2, -0.15) is 0 Å². The summed E-state index contributed by atoms with van der Waals surface area (Å²) in [5.41, 5.74) is 5.93. The van der Waals surface area contributed by atoms with E-state index in [0.717, 1.165) is 31.7 Å². The topological polar surface area (TPSA) is 38.5 Å². The molecule has 2 rings (SSSR count). The Kier molecular flexibility index (Phi) is 4.22. The first-order valence-electron chi connectivity index (χ1n) is 6.78. The van der Waals surface area contributed by atoms with Crippen LogP contribution in [0.15, 0.2) is 0 Å². The number of ether oxygens (including phenoxy) is 1. The van der Waals surface area contributed by atoms with Gasteiger partial charge in [0, 0.05) is 25.2 Å². The van der Waals surface area contributed by atoms with E-state index in [0.29, 0.717) is 0 Å². The fraction of sp³-hybridized carbons (Fsp3) is 1.00. The van der Waals surface area contributed by atoms with E-state index in [9.17, 15) is 0 Å². The first-order chi connectivity index (χ1) is 7.66. The van der Waals surface area contributed by atoms with Gasteiger partial charge in [-0.1, -0.05) is 19.8 Å². The van der Waals surface area contributed by atoms with Crippen molar-refractivity contribution in [3.05, 3.63) is 0 Å². The molecule has 1 heterocycles. The van der Waals surface area contributed by atoms with Crippen molar-refractivity contribution < 1.29 is 4.74 Å². The third-order valence-corrected chi connectivity index (χ3v) is 4.14. The molecule has 2 N–H and O–H groups in total. The summed E-state index contributed by atoms with van der Waals surface area (Å²) in [5.74, 6) is 0.898. The van der Waals surface area contributed by atoms with Crippen LogP contribution in [0.3, 0.4) is 0 Å². The van der Waals surface area contributed by atoms with Gasteiger partial charge in [0.2, 0.25) is 0 Å². The number of nitrogens with two attached hydrogens (primary N) is 1. The van der Waals surface area contributed by atoms with Gasteiger partial charge in [-0.05, 0) is 25.7 Å². The Balaban J connectivity index is 1.88. The maximum Gasteiger partial charge on any atom is 0.0850 e.